The highest BCUT2D eigenvalue weighted by atomic mass is 16.5. The summed E-state index contributed by atoms with van der Waals surface area (Å²) in [6.07, 6.45) is 0. The highest BCUT2D eigenvalue weighted by Crippen LogP contribution is 2.19. The molecule has 0 aromatic heterocycles. The van der Waals surface area contributed by atoms with Crippen LogP contribution < -0.4 is 0 Å². The molecule has 1 aromatic carbocycles. The molecule has 0 bridgehead atoms. The van der Waals surface area contributed by atoms with Gasteiger partial charge in [0.1, 0.15) is 0 Å². The van der Waals surface area contributed by atoms with Crippen LogP contribution in [-0.4, -0.2) is 37.0 Å². The van der Waals surface area contributed by atoms with Gasteiger partial charge in [0.15, 0.2) is 0 Å². The number of amides is 1. The van der Waals surface area contributed by atoms with E-state index in [0.29, 0.717) is 18.7 Å². The first-order valence-electron chi connectivity index (χ1n) is 5.14. The van der Waals surface area contributed by atoms with Crippen LogP contribution in [0.5, 0.6) is 0 Å². The molecular weight excluding hydrogens is 206 g/mol. The van der Waals surface area contributed by atoms with Gasteiger partial charge in [0.05, 0.1) is 13.0 Å². The molecule has 0 aliphatic carbocycles. The van der Waals surface area contributed by atoms with E-state index in [9.17, 15) is 9.59 Å². The molecule has 1 aliphatic rings. The standard InChI is InChI=1S/C12H13NO3/c1-16-12(15)10-7-13(8-10)11(14)9-5-3-2-4-6-9/h2-6,10H,7-8H2,1H3. The van der Waals surface area contributed by atoms with Crippen LogP contribution in [0.1, 0.15) is 10.4 Å². The molecule has 84 valence electrons. The molecule has 4 heteroatoms. The van der Waals surface area contributed by atoms with E-state index in [4.69, 9.17) is 0 Å². The van der Waals surface area contributed by atoms with Crippen LogP contribution in [0.25, 0.3) is 0 Å². The molecule has 1 fully saturated rings. The largest absolute Gasteiger partial charge is 0.469 e. The highest BCUT2D eigenvalue weighted by Gasteiger charge is 2.36. The fraction of sp³-hybridized carbons (Fsp3) is 0.333. The van der Waals surface area contributed by atoms with Gasteiger partial charge in [0.25, 0.3) is 5.91 Å². The molecule has 16 heavy (non-hydrogen) atoms. The molecule has 1 aromatic rings. The third-order valence-corrected chi connectivity index (χ3v) is 2.72. The molecule has 0 atom stereocenters. The van der Waals surface area contributed by atoms with Crippen LogP contribution in [0.2, 0.25) is 0 Å². The number of rotatable bonds is 2. The summed E-state index contributed by atoms with van der Waals surface area (Å²) in [5, 5.41) is 0. The van der Waals surface area contributed by atoms with Crippen molar-refractivity contribution in [2.24, 2.45) is 5.92 Å². The minimum absolute atomic E-state index is 0.0271. The maximum absolute atomic E-state index is 11.9. The van der Waals surface area contributed by atoms with Gasteiger partial charge in [-0.25, -0.2) is 0 Å². The summed E-state index contributed by atoms with van der Waals surface area (Å²) in [5.74, 6) is -0.421. The van der Waals surface area contributed by atoms with Crippen LogP contribution in [0.15, 0.2) is 30.3 Å². The van der Waals surface area contributed by atoms with Gasteiger partial charge >= 0.3 is 5.97 Å². The fourth-order valence-corrected chi connectivity index (χ4v) is 1.72. The lowest BCUT2D eigenvalue weighted by atomic mass is 9.99. The van der Waals surface area contributed by atoms with E-state index in [1.807, 2.05) is 18.2 Å². The summed E-state index contributed by atoms with van der Waals surface area (Å²) >= 11 is 0. The predicted molar refractivity (Wildman–Crippen MR) is 57.9 cm³/mol. The van der Waals surface area contributed by atoms with Gasteiger partial charge in [-0.05, 0) is 12.1 Å². The van der Waals surface area contributed by atoms with Crippen molar-refractivity contribution in [1.82, 2.24) is 4.90 Å². The lowest BCUT2D eigenvalue weighted by Crippen LogP contribution is -2.53. The number of ether oxygens (including phenoxy) is 1. The first-order valence-corrected chi connectivity index (χ1v) is 5.14. The van der Waals surface area contributed by atoms with E-state index in [1.165, 1.54) is 7.11 Å². The maximum atomic E-state index is 11.9. The molecule has 2 rings (SSSR count). The third kappa shape index (κ3) is 1.91. The molecule has 1 amide bonds. The summed E-state index contributed by atoms with van der Waals surface area (Å²) in [7, 11) is 1.37. The second-order valence-electron chi connectivity index (χ2n) is 3.80. The minimum Gasteiger partial charge on any atom is -0.469 e. The molecule has 1 saturated heterocycles. The predicted octanol–water partition coefficient (Wildman–Crippen LogP) is 0.932. The zero-order valence-electron chi connectivity index (χ0n) is 9.05. The molecular formula is C12H13NO3. The first kappa shape index (κ1) is 10.7. The minimum atomic E-state index is -0.239. The van der Waals surface area contributed by atoms with Crippen molar-refractivity contribution >= 4 is 11.9 Å². The molecule has 0 spiro atoms. The third-order valence-electron chi connectivity index (χ3n) is 2.72. The first-order chi connectivity index (χ1) is 7.72. The topological polar surface area (TPSA) is 46.6 Å². The number of esters is 1. The molecule has 0 N–H and O–H groups in total. The monoisotopic (exact) mass is 219 g/mol. The number of carbonyl (C=O) groups is 2. The van der Waals surface area contributed by atoms with Gasteiger partial charge in [-0.3, -0.25) is 9.59 Å². The zero-order chi connectivity index (χ0) is 11.5. The Morgan fingerprint density at radius 2 is 1.88 bits per heavy atom. The Hall–Kier alpha value is -1.84. The molecule has 0 unspecified atom stereocenters. The Morgan fingerprint density at radius 1 is 1.25 bits per heavy atom. The second kappa shape index (κ2) is 4.35. The second-order valence-corrected chi connectivity index (χ2v) is 3.80. The van der Waals surface area contributed by atoms with Crippen LogP contribution in [-0.2, 0) is 9.53 Å². The van der Waals surface area contributed by atoms with Crippen molar-refractivity contribution in [2.75, 3.05) is 20.2 Å². The van der Waals surface area contributed by atoms with E-state index >= 15 is 0 Å². The number of benzene rings is 1. The maximum Gasteiger partial charge on any atom is 0.312 e. The van der Waals surface area contributed by atoms with E-state index in [0.717, 1.165) is 0 Å². The van der Waals surface area contributed by atoms with Crippen molar-refractivity contribution in [3.63, 3.8) is 0 Å². The Balaban J connectivity index is 1.93. The fourth-order valence-electron chi connectivity index (χ4n) is 1.72. The SMILES string of the molecule is COC(=O)C1CN(C(=O)c2ccccc2)C1. The van der Waals surface area contributed by atoms with Gasteiger partial charge in [-0.2, -0.15) is 0 Å². The smallest absolute Gasteiger partial charge is 0.312 e. The van der Waals surface area contributed by atoms with Crippen LogP contribution >= 0.6 is 0 Å². The van der Waals surface area contributed by atoms with Crippen molar-refractivity contribution in [3.05, 3.63) is 35.9 Å². The molecule has 1 heterocycles. The van der Waals surface area contributed by atoms with Crippen LogP contribution in [0, 0.1) is 5.92 Å². The van der Waals surface area contributed by atoms with Crippen molar-refractivity contribution in [3.8, 4) is 0 Å². The average molecular weight is 219 g/mol. The van der Waals surface area contributed by atoms with Gasteiger partial charge in [0, 0.05) is 18.7 Å². The Kier molecular flexibility index (Phi) is 2.90. The number of likely N-dealkylation sites (tertiary alicyclic amines) is 1. The summed E-state index contributed by atoms with van der Waals surface area (Å²) in [6, 6.07) is 9.06. The van der Waals surface area contributed by atoms with Gasteiger partial charge in [0.2, 0.25) is 0 Å². The van der Waals surface area contributed by atoms with E-state index in [1.54, 1.807) is 17.0 Å². The number of nitrogens with zero attached hydrogens (tertiary/aromatic N) is 1. The summed E-state index contributed by atoms with van der Waals surface area (Å²) < 4.78 is 4.61. The van der Waals surface area contributed by atoms with Crippen molar-refractivity contribution < 1.29 is 14.3 Å². The normalized spacial score (nSPS) is 15.4. The Bertz CT molecular complexity index is 396. The number of carbonyl (C=O) groups excluding carboxylic acids is 2. The van der Waals surface area contributed by atoms with E-state index in [2.05, 4.69) is 4.74 Å². The van der Waals surface area contributed by atoms with Crippen LogP contribution in [0.4, 0.5) is 0 Å². The van der Waals surface area contributed by atoms with E-state index in [-0.39, 0.29) is 17.8 Å². The molecule has 0 saturated carbocycles. The Morgan fingerprint density at radius 3 is 2.44 bits per heavy atom. The molecule has 4 nitrogen and oxygen atoms in total. The molecule has 1 aliphatic heterocycles. The van der Waals surface area contributed by atoms with Gasteiger partial charge in [-0.15, -0.1) is 0 Å². The zero-order valence-corrected chi connectivity index (χ0v) is 9.05. The van der Waals surface area contributed by atoms with Crippen molar-refractivity contribution in [1.29, 1.82) is 0 Å². The number of hydrogen-bond acceptors (Lipinski definition) is 3. The van der Waals surface area contributed by atoms with Crippen molar-refractivity contribution in [2.45, 2.75) is 0 Å². The quantitative estimate of drug-likeness (QED) is 0.695. The highest BCUT2D eigenvalue weighted by molar-refractivity contribution is 5.95. The number of methoxy groups -OCH3 is 1. The lowest BCUT2D eigenvalue weighted by molar-refractivity contribution is -0.149. The van der Waals surface area contributed by atoms with Crippen LogP contribution in [0.3, 0.4) is 0 Å². The van der Waals surface area contributed by atoms with Gasteiger partial charge < -0.3 is 9.64 Å². The average Bonchev–Trinajstić information content (AvgIpc) is 2.27. The lowest BCUT2D eigenvalue weighted by Gasteiger charge is -2.37. The molecule has 0 radical (unpaired) electrons. The summed E-state index contributed by atoms with van der Waals surface area (Å²) in [5.41, 5.74) is 0.658. The van der Waals surface area contributed by atoms with Gasteiger partial charge in [-0.1, -0.05) is 18.2 Å². The number of hydrogen-bond donors (Lipinski definition) is 0. The van der Waals surface area contributed by atoms with E-state index < -0.39 is 0 Å². The Labute approximate surface area is 93.8 Å². The summed E-state index contributed by atoms with van der Waals surface area (Å²) in [4.78, 5) is 24.6. The summed E-state index contributed by atoms with van der Waals surface area (Å²) in [6.45, 7) is 0.917.